The van der Waals surface area contributed by atoms with Crippen LogP contribution in [0.5, 0.6) is 0 Å². The number of anilines is 3. The van der Waals surface area contributed by atoms with E-state index in [0.717, 1.165) is 44.4 Å². The Balaban J connectivity index is 1.34. The van der Waals surface area contributed by atoms with Crippen molar-refractivity contribution in [3.8, 4) is 0 Å². The molecule has 9 aromatic carbocycles. The highest BCUT2D eigenvalue weighted by Gasteiger charge is 2.25. The Kier molecular flexibility index (Phi) is 6.17. The molecule has 1 heterocycles. The van der Waals surface area contributed by atoms with Crippen molar-refractivity contribution in [2.24, 2.45) is 0 Å². The SMILES string of the molecule is CC(C)(C)c1cccc2oc3c4ccccc4c(N(c4ccc5ccccc5c4)c4ccc5c6ccccc6c6ccccc6c5c4)cc3c12. The fourth-order valence-corrected chi connectivity index (χ4v) is 8.22. The standard InChI is InChI=1S/C48H35NO/c1-48(2,3)43-21-12-22-45-46(43)42-29-44(39-19-10-11-20-40(39)47(42)50-45)49(32-24-23-30-13-4-5-14-31(30)27-32)33-25-26-38-36-17-7-6-15-34(36)35-16-8-9-18-37(35)41(38)28-33/h4-29H,1-3H3. The van der Waals surface area contributed by atoms with Crippen molar-refractivity contribution in [1.82, 2.24) is 0 Å². The van der Waals surface area contributed by atoms with Gasteiger partial charge in [-0.05, 0) is 90.5 Å². The van der Waals surface area contributed by atoms with Crippen LogP contribution in [0.15, 0.2) is 162 Å². The number of rotatable bonds is 3. The van der Waals surface area contributed by atoms with Gasteiger partial charge in [0.2, 0.25) is 0 Å². The molecule has 2 heteroatoms. The minimum atomic E-state index is -0.0532. The Morgan fingerprint density at radius 3 is 1.68 bits per heavy atom. The van der Waals surface area contributed by atoms with Gasteiger partial charge in [0.1, 0.15) is 11.2 Å². The van der Waals surface area contributed by atoms with E-state index in [1.54, 1.807) is 0 Å². The maximum absolute atomic E-state index is 6.73. The number of furan rings is 1. The Hall–Kier alpha value is -6.12. The lowest BCUT2D eigenvalue weighted by Crippen LogP contribution is -2.12. The second kappa shape index (κ2) is 10.7. The molecule has 0 aliphatic rings. The molecule has 1 aromatic heterocycles. The molecule has 0 aliphatic carbocycles. The summed E-state index contributed by atoms with van der Waals surface area (Å²) in [7, 11) is 0. The molecule has 10 rings (SSSR count). The van der Waals surface area contributed by atoms with Crippen LogP contribution in [0.4, 0.5) is 17.1 Å². The Morgan fingerprint density at radius 1 is 0.420 bits per heavy atom. The first kappa shape index (κ1) is 28.9. The summed E-state index contributed by atoms with van der Waals surface area (Å²) in [4.78, 5) is 2.45. The average Bonchev–Trinajstić information content (AvgIpc) is 3.53. The topological polar surface area (TPSA) is 16.4 Å². The summed E-state index contributed by atoms with van der Waals surface area (Å²) in [5, 5.41) is 14.6. The first-order valence-electron chi connectivity index (χ1n) is 17.4. The highest BCUT2D eigenvalue weighted by molar-refractivity contribution is 6.26. The molecular weight excluding hydrogens is 607 g/mol. The molecule has 0 bridgehead atoms. The quantitative estimate of drug-likeness (QED) is 0.179. The molecule has 238 valence electrons. The molecule has 0 N–H and O–H groups in total. The van der Waals surface area contributed by atoms with E-state index in [2.05, 4.69) is 183 Å². The molecule has 0 saturated heterocycles. The zero-order chi connectivity index (χ0) is 33.6. The zero-order valence-electron chi connectivity index (χ0n) is 28.4. The predicted molar refractivity (Wildman–Crippen MR) is 215 cm³/mol. The molecule has 50 heavy (non-hydrogen) atoms. The summed E-state index contributed by atoms with van der Waals surface area (Å²) in [5.41, 5.74) is 6.45. The van der Waals surface area contributed by atoms with Gasteiger partial charge in [0.15, 0.2) is 0 Å². The summed E-state index contributed by atoms with van der Waals surface area (Å²) >= 11 is 0. The molecule has 10 aromatic rings. The Labute approximate surface area is 290 Å². The van der Waals surface area contributed by atoms with E-state index in [4.69, 9.17) is 4.42 Å². The van der Waals surface area contributed by atoms with Crippen LogP contribution in [-0.4, -0.2) is 0 Å². The number of hydrogen-bond donors (Lipinski definition) is 0. The summed E-state index contributed by atoms with van der Waals surface area (Å²) < 4.78 is 6.73. The minimum Gasteiger partial charge on any atom is -0.455 e. The summed E-state index contributed by atoms with van der Waals surface area (Å²) in [5.74, 6) is 0. The van der Waals surface area contributed by atoms with Crippen LogP contribution in [0.2, 0.25) is 0 Å². The fourth-order valence-electron chi connectivity index (χ4n) is 8.22. The maximum atomic E-state index is 6.73. The van der Waals surface area contributed by atoms with Crippen molar-refractivity contribution in [3.63, 3.8) is 0 Å². The lowest BCUT2D eigenvalue weighted by atomic mass is 9.84. The second-order valence-electron chi connectivity index (χ2n) is 14.5. The number of hydrogen-bond acceptors (Lipinski definition) is 2. The lowest BCUT2D eigenvalue weighted by molar-refractivity contribution is 0.594. The van der Waals surface area contributed by atoms with Gasteiger partial charge in [0.25, 0.3) is 0 Å². The molecule has 0 radical (unpaired) electrons. The van der Waals surface area contributed by atoms with Crippen molar-refractivity contribution in [2.75, 3.05) is 4.90 Å². The minimum absolute atomic E-state index is 0.0532. The fraction of sp³-hybridized carbons (Fsp3) is 0.0833. The molecule has 0 saturated carbocycles. The molecule has 0 fully saturated rings. The number of nitrogens with zero attached hydrogens (tertiary/aromatic N) is 1. The van der Waals surface area contributed by atoms with Crippen LogP contribution < -0.4 is 4.90 Å². The van der Waals surface area contributed by atoms with Gasteiger partial charge >= 0.3 is 0 Å². The van der Waals surface area contributed by atoms with Crippen LogP contribution in [0.25, 0.3) is 75.8 Å². The molecule has 0 atom stereocenters. The van der Waals surface area contributed by atoms with E-state index in [0.29, 0.717) is 0 Å². The van der Waals surface area contributed by atoms with Crippen LogP contribution in [0.1, 0.15) is 26.3 Å². The normalized spacial score (nSPS) is 12.3. The molecular formula is C48H35NO. The van der Waals surface area contributed by atoms with Crippen LogP contribution >= 0.6 is 0 Å². The van der Waals surface area contributed by atoms with E-state index >= 15 is 0 Å². The maximum Gasteiger partial charge on any atom is 0.143 e. The van der Waals surface area contributed by atoms with Gasteiger partial charge < -0.3 is 9.32 Å². The summed E-state index contributed by atoms with van der Waals surface area (Å²) in [6.45, 7) is 6.85. The van der Waals surface area contributed by atoms with E-state index in [9.17, 15) is 0 Å². The van der Waals surface area contributed by atoms with Crippen molar-refractivity contribution in [2.45, 2.75) is 26.2 Å². The van der Waals surface area contributed by atoms with Crippen LogP contribution in [0, 0.1) is 0 Å². The Morgan fingerprint density at radius 2 is 0.980 bits per heavy atom. The van der Waals surface area contributed by atoms with Gasteiger partial charge in [0, 0.05) is 32.9 Å². The average molecular weight is 642 g/mol. The predicted octanol–water partition coefficient (Wildman–Crippen LogP) is 14.1. The van der Waals surface area contributed by atoms with E-state index in [1.807, 2.05) is 0 Å². The zero-order valence-corrected chi connectivity index (χ0v) is 28.4. The third kappa shape index (κ3) is 4.28. The number of fused-ring (bicyclic) bond motifs is 12. The molecule has 0 aliphatic heterocycles. The van der Waals surface area contributed by atoms with Crippen molar-refractivity contribution >= 4 is 92.9 Å². The smallest absolute Gasteiger partial charge is 0.143 e. The van der Waals surface area contributed by atoms with Gasteiger partial charge in [0.05, 0.1) is 5.69 Å². The van der Waals surface area contributed by atoms with Crippen molar-refractivity contribution in [1.29, 1.82) is 0 Å². The van der Waals surface area contributed by atoms with Gasteiger partial charge in [-0.3, -0.25) is 0 Å². The van der Waals surface area contributed by atoms with Crippen LogP contribution in [0.3, 0.4) is 0 Å². The van der Waals surface area contributed by atoms with E-state index < -0.39 is 0 Å². The summed E-state index contributed by atoms with van der Waals surface area (Å²) in [6.07, 6.45) is 0. The van der Waals surface area contributed by atoms with Gasteiger partial charge in [-0.25, -0.2) is 0 Å². The molecule has 0 unspecified atom stereocenters. The van der Waals surface area contributed by atoms with Crippen LogP contribution in [-0.2, 0) is 5.41 Å². The molecule has 0 amide bonds. The first-order chi connectivity index (χ1) is 24.4. The largest absolute Gasteiger partial charge is 0.455 e. The molecule has 0 spiro atoms. The third-order valence-corrected chi connectivity index (χ3v) is 10.5. The van der Waals surface area contributed by atoms with E-state index in [-0.39, 0.29) is 5.41 Å². The first-order valence-corrected chi connectivity index (χ1v) is 17.4. The Bertz CT molecular complexity index is 2940. The second-order valence-corrected chi connectivity index (χ2v) is 14.5. The monoisotopic (exact) mass is 641 g/mol. The van der Waals surface area contributed by atoms with Crippen molar-refractivity contribution in [3.05, 3.63) is 163 Å². The van der Waals surface area contributed by atoms with Gasteiger partial charge in [-0.15, -0.1) is 0 Å². The summed E-state index contributed by atoms with van der Waals surface area (Å²) in [6, 6.07) is 57.6. The number of benzene rings is 9. The highest BCUT2D eigenvalue weighted by Crippen LogP contribution is 2.47. The third-order valence-electron chi connectivity index (χ3n) is 10.5. The van der Waals surface area contributed by atoms with Gasteiger partial charge in [-0.1, -0.05) is 142 Å². The highest BCUT2D eigenvalue weighted by atomic mass is 16.3. The van der Waals surface area contributed by atoms with Crippen molar-refractivity contribution < 1.29 is 4.42 Å². The van der Waals surface area contributed by atoms with E-state index in [1.165, 1.54) is 54.0 Å². The lowest BCUT2D eigenvalue weighted by Gasteiger charge is -2.28. The van der Waals surface area contributed by atoms with Gasteiger partial charge in [-0.2, -0.15) is 0 Å². The molecule has 2 nitrogen and oxygen atoms in total.